The van der Waals surface area contributed by atoms with Crippen LogP contribution in [0.3, 0.4) is 0 Å². The predicted octanol–water partition coefficient (Wildman–Crippen LogP) is 3.35. The Kier molecular flexibility index (Phi) is 4.84. The summed E-state index contributed by atoms with van der Waals surface area (Å²) in [6, 6.07) is 13.7. The summed E-state index contributed by atoms with van der Waals surface area (Å²) in [5.41, 5.74) is 1.79. The van der Waals surface area contributed by atoms with E-state index in [1.165, 1.54) is 18.2 Å². The molecule has 0 saturated carbocycles. The van der Waals surface area contributed by atoms with Gasteiger partial charge in [0.15, 0.2) is 0 Å². The maximum Gasteiger partial charge on any atom is 0.372 e. The second kappa shape index (κ2) is 6.93. The molecule has 1 aromatic heterocycles. The van der Waals surface area contributed by atoms with Crippen molar-refractivity contribution in [3.8, 4) is 0 Å². The summed E-state index contributed by atoms with van der Waals surface area (Å²) >= 11 is 0. The highest BCUT2D eigenvalue weighted by Gasteiger charge is 2.21. The summed E-state index contributed by atoms with van der Waals surface area (Å²) in [5.74, 6) is -1.36. The van der Waals surface area contributed by atoms with Crippen molar-refractivity contribution in [1.29, 1.82) is 0 Å². The molecule has 1 heterocycles. The van der Waals surface area contributed by atoms with Gasteiger partial charge in [-0.3, -0.25) is 0 Å². The smallest absolute Gasteiger partial charge is 0.372 e. The number of fused-ring (bicyclic) bond motifs is 1. The quantitative estimate of drug-likeness (QED) is 0.691. The minimum absolute atomic E-state index is 0.0748. The van der Waals surface area contributed by atoms with Crippen LogP contribution in [0.15, 0.2) is 57.8 Å². The lowest BCUT2D eigenvalue weighted by molar-refractivity contribution is 0.0664. The highest BCUT2D eigenvalue weighted by molar-refractivity contribution is 7.89. The molecular formula is C19H19NO5S. The number of rotatable bonds is 6. The Hall–Kier alpha value is -2.64. The summed E-state index contributed by atoms with van der Waals surface area (Å²) in [6.07, 6.45) is 0.566. The molecule has 2 N–H and O–H groups in total. The monoisotopic (exact) mass is 373 g/mol. The van der Waals surface area contributed by atoms with E-state index in [1.54, 1.807) is 13.8 Å². The van der Waals surface area contributed by atoms with E-state index in [2.05, 4.69) is 4.72 Å². The van der Waals surface area contributed by atoms with Crippen LogP contribution in [0.2, 0.25) is 0 Å². The van der Waals surface area contributed by atoms with Crippen LogP contribution in [-0.2, 0) is 16.4 Å². The van der Waals surface area contributed by atoms with E-state index in [0.717, 1.165) is 5.56 Å². The standard InChI is InChI=1S/C19H19NO5S/c1-12(10-14-6-4-3-5-7-14)20-26(23,24)15-8-9-17-16(11-15)13(2)18(25-17)19(21)22/h3-9,11-12,20H,10H2,1-2H3,(H,21,22). The van der Waals surface area contributed by atoms with E-state index >= 15 is 0 Å². The third-order valence-electron chi connectivity index (χ3n) is 4.15. The van der Waals surface area contributed by atoms with Gasteiger partial charge in [0, 0.05) is 17.0 Å². The number of carbonyl (C=O) groups is 1. The number of hydrogen-bond donors (Lipinski definition) is 2. The van der Waals surface area contributed by atoms with Gasteiger partial charge in [-0.05, 0) is 44.0 Å². The first-order chi connectivity index (χ1) is 12.3. The zero-order valence-corrected chi connectivity index (χ0v) is 15.2. The minimum Gasteiger partial charge on any atom is -0.475 e. The Morgan fingerprint density at radius 2 is 1.88 bits per heavy atom. The van der Waals surface area contributed by atoms with Crippen molar-refractivity contribution in [3.05, 3.63) is 65.4 Å². The molecule has 7 heteroatoms. The SMILES string of the molecule is Cc1c(C(=O)O)oc2ccc(S(=O)(=O)NC(C)Cc3ccccc3)cc12. The van der Waals surface area contributed by atoms with E-state index in [0.29, 0.717) is 23.0 Å². The molecule has 26 heavy (non-hydrogen) atoms. The lowest BCUT2D eigenvalue weighted by Gasteiger charge is -2.14. The predicted molar refractivity (Wildman–Crippen MR) is 97.8 cm³/mol. The average Bonchev–Trinajstić information content (AvgIpc) is 2.92. The maximum atomic E-state index is 12.7. The first-order valence-corrected chi connectivity index (χ1v) is 9.59. The summed E-state index contributed by atoms with van der Waals surface area (Å²) < 4.78 is 33.3. The second-order valence-corrected chi connectivity index (χ2v) is 7.95. The van der Waals surface area contributed by atoms with Crippen molar-refractivity contribution >= 4 is 27.0 Å². The van der Waals surface area contributed by atoms with Gasteiger partial charge in [0.25, 0.3) is 0 Å². The fraction of sp³-hybridized carbons (Fsp3) is 0.211. The van der Waals surface area contributed by atoms with Crippen molar-refractivity contribution < 1.29 is 22.7 Å². The van der Waals surface area contributed by atoms with Gasteiger partial charge in [0.05, 0.1) is 4.90 Å². The first kappa shape index (κ1) is 18.2. The van der Waals surface area contributed by atoms with Crippen molar-refractivity contribution in [2.75, 3.05) is 0 Å². The molecular weight excluding hydrogens is 354 g/mol. The maximum absolute atomic E-state index is 12.7. The van der Waals surface area contributed by atoms with Crippen LogP contribution in [0.5, 0.6) is 0 Å². The van der Waals surface area contributed by atoms with Crippen LogP contribution in [0.25, 0.3) is 11.0 Å². The van der Waals surface area contributed by atoms with Gasteiger partial charge in [-0.1, -0.05) is 30.3 Å². The van der Waals surface area contributed by atoms with Gasteiger partial charge >= 0.3 is 5.97 Å². The topological polar surface area (TPSA) is 96.6 Å². The molecule has 0 bridgehead atoms. The average molecular weight is 373 g/mol. The Labute approximate surface area is 151 Å². The molecule has 0 aliphatic heterocycles. The summed E-state index contributed by atoms with van der Waals surface area (Å²) in [4.78, 5) is 11.2. The Bertz CT molecular complexity index is 1050. The Morgan fingerprint density at radius 3 is 2.54 bits per heavy atom. The van der Waals surface area contributed by atoms with Crippen LogP contribution < -0.4 is 4.72 Å². The molecule has 3 aromatic rings. The molecule has 0 fully saturated rings. The lowest BCUT2D eigenvalue weighted by Crippen LogP contribution is -2.34. The number of benzene rings is 2. The molecule has 1 atom stereocenters. The fourth-order valence-corrected chi connectivity index (χ4v) is 4.18. The van der Waals surface area contributed by atoms with Gasteiger partial charge in [-0.25, -0.2) is 17.9 Å². The van der Waals surface area contributed by atoms with Gasteiger partial charge in [0.2, 0.25) is 15.8 Å². The molecule has 0 radical (unpaired) electrons. The Morgan fingerprint density at radius 1 is 1.19 bits per heavy atom. The number of carboxylic acid groups (broad SMARTS) is 1. The van der Waals surface area contributed by atoms with Gasteiger partial charge in [-0.2, -0.15) is 0 Å². The zero-order chi connectivity index (χ0) is 18.9. The zero-order valence-electron chi connectivity index (χ0n) is 14.4. The van der Waals surface area contributed by atoms with E-state index in [9.17, 15) is 13.2 Å². The van der Waals surface area contributed by atoms with Crippen molar-refractivity contribution in [2.45, 2.75) is 31.2 Å². The van der Waals surface area contributed by atoms with E-state index in [-0.39, 0.29) is 16.7 Å². The molecule has 3 rings (SSSR count). The molecule has 6 nitrogen and oxygen atoms in total. The summed E-state index contributed by atoms with van der Waals surface area (Å²) in [7, 11) is -3.74. The summed E-state index contributed by atoms with van der Waals surface area (Å²) in [6.45, 7) is 3.39. The Balaban J connectivity index is 1.87. The number of sulfonamides is 1. The van der Waals surface area contributed by atoms with Crippen LogP contribution in [0.4, 0.5) is 0 Å². The lowest BCUT2D eigenvalue weighted by atomic mass is 10.1. The van der Waals surface area contributed by atoms with Crippen LogP contribution in [0, 0.1) is 6.92 Å². The van der Waals surface area contributed by atoms with E-state index < -0.39 is 16.0 Å². The van der Waals surface area contributed by atoms with E-state index in [4.69, 9.17) is 9.52 Å². The molecule has 0 aliphatic rings. The first-order valence-electron chi connectivity index (χ1n) is 8.10. The summed E-state index contributed by atoms with van der Waals surface area (Å²) in [5, 5.41) is 9.60. The highest BCUT2D eigenvalue weighted by atomic mass is 32.2. The molecule has 0 amide bonds. The van der Waals surface area contributed by atoms with Crippen molar-refractivity contribution in [3.63, 3.8) is 0 Å². The third-order valence-corrected chi connectivity index (χ3v) is 5.74. The van der Waals surface area contributed by atoms with Crippen LogP contribution >= 0.6 is 0 Å². The van der Waals surface area contributed by atoms with Crippen molar-refractivity contribution in [1.82, 2.24) is 4.72 Å². The van der Waals surface area contributed by atoms with Gasteiger partial charge in [0.1, 0.15) is 5.58 Å². The molecule has 2 aromatic carbocycles. The van der Waals surface area contributed by atoms with Gasteiger partial charge in [-0.15, -0.1) is 0 Å². The number of carboxylic acids is 1. The number of nitrogens with one attached hydrogen (secondary N) is 1. The number of aryl methyl sites for hydroxylation is 1. The van der Waals surface area contributed by atoms with E-state index in [1.807, 2.05) is 30.3 Å². The molecule has 136 valence electrons. The third kappa shape index (κ3) is 3.63. The fourth-order valence-electron chi connectivity index (χ4n) is 2.91. The minimum atomic E-state index is -3.74. The molecule has 0 spiro atoms. The van der Waals surface area contributed by atoms with Gasteiger partial charge < -0.3 is 9.52 Å². The second-order valence-electron chi connectivity index (χ2n) is 6.23. The normalized spacial score (nSPS) is 13.0. The molecule has 0 saturated heterocycles. The van der Waals surface area contributed by atoms with Crippen LogP contribution in [-0.4, -0.2) is 25.5 Å². The number of furan rings is 1. The van der Waals surface area contributed by atoms with Crippen molar-refractivity contribution in [2.24, 2.45) is 0 Å². The molecule has 1 unspecified atom stereocenters. The molecule has 0 aliphatic carbocycles. The number of aromatic carboxylic acids is 1. The highest BCUT2D eigenvalue weighted by Crippen LogP contribution is 2.27. The van der Waals surface area contributed by atoms with Crippen LogP contribution in [0.1, 0.15) is 28.6 Å². The number of hydrogen-bond acceptors (Lipinski definition) is 4. The largest absolute Gasteiger partial charge is 0.475 e.